The fraction of sp³-hybridized carbons (Fsp3) is 0.263. The van der Waals surface area contributed by atoms with E-state index in [1.807, 2.05) is 0 Å². The molecule has 1 amide bonds. The molecule has 0 radical (unpaired) electrons. The average Bonchev–Trinajstić information content (AvgIpc) is 2.62. The van der Waals surface area contributed by atoms with Crippen LogP contribution in [0.1, 0.15) is 12.5 Å². The van der Waals surface area contributed by atoms with Gasteiger partial charge in [-0.25, -0.2) is 9.18 Å². The first-order chi connectivity index (χ1) is 12.4. The first-order valence-corrected chi connectivity index (χ1v) is 8.42. The van der Waals surface area contributed by atoms with Gasteiger partial charge in [-0.05, 0) is 55.3 Å². The first kappa shape index (κ1) is 19.7. The van der Waals surface area contributed by atoms with Crippen LogP contribution in [0.4, 0.5) is 4.39 Å². The van der Waals surface area contributed by atoms with E-state index >= 15 is 0 Å². The van der Waals surface area contributed by atoms with E-state index in [4.69, 9.17) is 21.1 Å². The molecule has 0 heterocycles. The van der Waals surface area contributed by atoms with E-state index in [9.17, 15) is 14.0 Å². The maximum Gasteiger partial charge on any atom is 0.344 e. The number of rotatable bonds is 8. The highest BCUT2D eigenvalue weighted by Crippen LogP contribution is 2.15. The Morgan fingerprint density at radius 3 is 2.42 bits per heavy atom. The van der Waals surface area contributed by atoms with Crippen LogP contribution < -0.4 is 10.1 Å². The number of ether oxygens (including phenoxy) is 2. The van der Waals surface area contributed by atoms with Crippen molar-refractivity contribution in [3.63, 3.8) is 0 Å². The number of esters is 1. The maximum absolute atomic E-state index is 12.8. The van der Waals surface area contributed by atoms with Gasteiger partial charge in [0.25, 0.3) is 5.91 Å². The summed E-state index contributed by atoms with van der Waals surface area (Å²) in [5, 5.41) is 3.23. The zero-order chi connectivity index (χ0) is 18.9. The number of hydrogen-bond donors (Lipinski definition) is 1. The molecule has 26 heavy (non-hydrogen) atoms. The lowest BCUT2D eigenvalue weighted by Gasteiger charge is -2.14. The van der Waals surface area contributed by atoms with Gasteiger partial charge in [-0.15, -0.1) is 0 Å². The maximum atomic E-state index is 12.8. The van der Waals surface area contributed by atoms with Crippen LogP contribution in [0, 0.1) is 5.82 Å². The summed E-state index contributed by atoms with van der Waals surface area (Å²) < 4.78 is 23.1. The molecule has 0 saturated carbocycles. The second-order valence-electron chi connectivity index (χ2n) is 5.54. The van der Waals surface area contributed by atoms with Crippen molar-refractivity contribution in [2.45, 2.75) is 19.4 Å². The molecule has 0 aliphatic rings. The fourth-order valence-corrected chi connectivity index (χ4v) is 2.21. The second-order valence-corrected chi connectivity index (χ2v) is 5.98. The Morgan fingerprint density at radius 2 is 1.77 bits per heavy atom. The summed E-state index contributed by atoms with van der Waals surface area (Å²) in [5.74, 6) is -0.894. The smallest absolute Gasteiger partial charge is 0.344 e. The SMILES string of the molecule is C[C@@H](OC(=O)COc1ccc(Cl)cc1)C(=O)NCCc1ccc(F)cc1. The van der Waals surface area contributed by atoms with Crippen molar-refractivity contribution < 1.29 is 23.5 Å². The van der Waals surface area contributed by atoms with Crippen LogP contribution in [0.3, 0.4) is 0 Å². The van der Waals surface area contributed by atoms with E-state index in [-0.39, 0.29) is 12.4 Å². The van der Waals surface area contributed by atoms with Crippen molar-refractivity contribution >= 4 is 23.5 Å². The highest BCUT2D eigenvalue weighted by atomic mass is 35.5. The number of carbonyl (C=O) groups excluding carboxylic acids is 2. The van der Waals surface area contributed by atoms with Gasteiger partial charge >= 0.3 is 5.97 Å². The summed E-state index contributed by atoms with van der Waals surface area (Å²) in [6.07, 6.45) is -0.392. The van der Waals surface area contributed by atoms with Crippen LogP contribution in [0.2, 0.25) is 5.02 Å². The largest absolute Gasteiger partial charge is 0.482 e. The summed E-state index contributed by atoms with van der Waals surface area (Å²) in [7, 11) is 0. The molecular formula is C19H19ClFNO4. The van der Waals surface area contributed by atoms with Crippen LogP contribution in [0.15, 0.2) is 48.5 Å². The minimum atomic E-state index is -0.940. The van der Waals surface area contributed by atoms with Crippen molar-refractivity contribution in [1.82, 2.24) is 5.32 Å². The number of nitrogens with one attached hydrogen (secondary N) is 1. The molecule has 0 saturated heterocycles. The molecule has 0 bridgehead atoms. The lowest BCUT2D eigenvalue weighted by molar-refractivity contribution is -0.156. The first-order valence-electron chi connectivity index (χ1n) is 8.04. The standard InChI is InChI=1S/C19H19ClFNO4/c1-13(19(24)22-11-10-14-2-6-16(21)7-3-14)26-18(23)12-25-17-8-4-15(20)5-9-17/h2-9,13H,10-12H2,1H3,(H,22,24)/t13-/m1/s1. The van der Waals surface area contributed by atoms with Crippen molar-refractivity contribution in [3.8, 4) is 5.75 Å². The Hall–Kier alpha value is -2.60. The van der Waals surface area contributed by atoms with E-state index in [2.05, 4.69) is 5.32 Å². The Bertz CT molecular complexity index is 734. The molecule has 0 aliphatic heterocycles. The lowest BCUT2D eigenvalue weighted by atomic mass is 10.1. The topological polar surface area (TPSA) is 64.6 Å². The van der Waals surface area contributed by atoms with Crippen molar-refractivity contribution in [2.75, 3.05) is 13.2 Å². The predicted octanol–water partition coefficient (Wildman–Crippen LogP) is 3.15. The zero-order valence-corrected chi connectivity index (χ0v) is 15.0. The quantitative estimate of drug-likeness (QED) is 0.716. The van der Waals surface area contributed by atoms with Gasteiger partial charge in [0.1, 0.15) is 11.6 Å². The third kappa shape index (κ3) is 6.72. The molecule has 7 heteroatoms. The van der Waals surface area contributed by atoms with Gasteiger partial charge in [0, 0.05) is 11.6 Å². The molecule has 1 atom stereocenters. The van der Waals surface area contributed by atoms with Crippen LogP contribution in [-0.2, 0) is 20.7 Å². The fourth-order valence-electron chi connectivity index (χ4n) is 2.08. The molecule has 5 nitrogen and oxygen atoms in total. The summed E-state index contributed by atoms with van der Waals surface area (Å²) in [4.78, 5) is 23.7. The van der Waals surface area contributed by atoms with E-state index in [1.54, 1.807) is 36.4 Å². The second kappa shape index (κ2) is 9.77. The molecule has 0 aliphatic carbocycles. The lowest BCUT2D eigenvalue weighted by Crippen LogP contribution is -2.37. The molecule has 0 aromatic heterocycles. The van der Waals surface area contributed by atoms with Crippen LogP contribution in [-0.4, -0.2) is 31.1 Å². The molecule has 0 fully saturated rings. The number of hydrogen-bond acceptors (Lipinski definition) is 4. The van der Waals surface area contributed by atoms with Crippen LogP contribution >= 0.6 is 11.6 Å². The highest BCUT2D eigenvalue weighted by molar-refractivity contribution is 6.30. The Kier molecular flexibility index (Phi) is 7.41. The van der Waals surface area contributed by atoms with E-state index in [0.717, 1.165) is 5.56 Å². The van der Waals surface area contributed by atoms with E-state index in [1.165, 1.54) is 19.1 Å². The van der Waals surface area contributed by atoms with Gasteiger partial charge in [-0.2, -0.15) is 0 Å². The molecular weight excluding hydrogens is 361 g/mol. The number of halogens is 2. The van der Waals surface area contributed by atoms with Gasteiger partial charge in [0.05, 0.1) is 0 Å². The van der Waals surface area contributed by atoms with Crippen molar-refractivity contribution in [1.29, 1.82) is 0 Å². The summed E-state index contributed by atoms with van der Waals surface area (Å²) in [6.45, 7) is 1.52. The third-order valence-corrected chi connectivity index (χ3v) is 3.73. The van der Waals surface area contributed by atoms with E-state index < -0.39 is 18.0 Å². The minimum Gasteiger partial charge on any atom is -0.482 e. The van der Waals surface area contributed by atoms with Gasteiger partial charge in [0.15, 0.2) is 12.7 Å². The van der Waals surface area contributed by atoms with Gasteiger partial charge in [0.2, 0.25) is 0 Å². The van der Waals surface area contributed by atoms with Gasteiger partial charge < -0.3 is 14.8 Å². The van der Waals surface area contributed by atoms with Gasteiger partial charge in [-0.3, -0.25) is 4.79 Å². The molecule has 0 unspecified atom stereocenters. The molecule has 1 N–H and O–H groups in total. The average molecular weight is 380 g/mol. The summed E-state index contributed by atoms with van der Waals surface area (Å²) >= 11 is 5.76. The number of benzene rings is 2. The summed E-state index contributed by atoms with van der Waals surface area (Å²) in [5.41, 5.74) is 0.896. The minimum absolute atomic E-state index is 0.306. The Morgan fingerprint density at radius 1 is 1.12 bits per heavy atom. The Labute approximate surface area is 156 Å². The summed E-state index contributed by atoms with van der Waals surface area (Å²) in [6, 6.07) is 12.6. The normalized spacial score (nSPS) is 11.5. The van der Waals surface area contributed by atoms with Crippen LogP contribution in [0.5, 0.6) is 5.75 Å². The number of amides is 1. The third-order valence-electron chi connectivity index (χ3n) is 3.47. The van der Waals surface area contributed by atoms with Gasteiger partial charge in [-0.1, -0.05) is 23.7 Å². The molecule has 2 rings (SSSR count). The van der Waals surface area contributed by atoms with Crippen molar-refractivity contribution in [2.24, 2.45) is 0 Å². The molecule has 2 aromatic rings. The van der Waals surface area contributed by atoms with E-state index in [0.29, 0.717) is 23.7 Å². The molecule has 2 aromatic carbocycles. The zero-order valence-electron chi connectivity index (χ0n) is 14.2. The molecule has 138 valence electrons. The highest BCUT2D eigenvalue weighted by Gasteiger charge is 2.17. The monoisotopic (exact) mass is 379 g/mol. The van der Waals surface area contributed by atoms with Crippen LogP contribution in [0.25, 0.3) is 0 Å². The van der Waals surface area contributed by atoms with Crippen molar-refractivity contribution in [3.05, 3.63) is 64.9 Å². The predicted molar refractivity (Wildman–Crippen MR) is 95.6 cm³/mol. The number of carbonyl (C=O) groups is 2. The molecule has 0 spiro atoms. The Balaban J connectivity index is 1.67.